The van der Waals surface area contributed by atoms with Crippen LogP contribution in [-0.2, 0) is 4.79 Å². The van der Waals surface area contributed by atoms with E-state index in [-0.39, 0.29) is 0 Å². The van der Waals surface area contributed by atoms with Crippen LogP contribution in [0.2, 0.25) is 0 Å². The molecule has 0 saturated carbocycles. The van der Waals surface area contributed by atoms with Crippen LogP contribution in [-0.4, -0.2) is 12.5 Å². The smallest absolute Gasteiger partial charge is 0.281 e. The van der Waals surface area contributed by atoms with Crippen molar-refractivity contribution in [3.05, 3.63) is 0 Å². The monoisotopic (exact) mass is 112 g/mol. The summed E-state index contributed by atoms with van der Waals surface area (Å²) in [5.41, 5.74) is 4.81. The second-order valence-electron chi connectivity index (χ2n) is 1.13. The van der Waals surface area contributed by atoms with Crippen LogP contribution in [0.5, 0.6) is 0 Å². The molecule has 0 radical (unpaired) electrons. The van der Waals surface area contributed by atoms with Gasteiger partial charge in [0.25, 0.3) is 0 Å². The molecule has 2 N–H and O–H groups in total. The lowest BCUT2D eigenvalue weighted by Gasteiger charge is -1.96. The average molecular weight is 112 g/mol. The molecule has 0 aliphatic rings. The highest BCUT2D eigenvalue weighted by atomic mass is 16.2. The number of terminal acetylenes is 1. The van der Waals surface area contributed by atoms with Crippen molar-refractivity contribution in [3.63, 3.8) is 0 Å². The third-order valence-corrected chi connectivity index (χ3v) is 0.510. The lowest BCUT2D eigenvalue weighted by molar-refractivity contribution is -0.116. The molecule has 0 spiro atoms. The molecule has 0 unspecified atom stereocenters. The molecular weight excluding hydrogens is 104 g/mol. The minimum atomic E-state index is -0.438. The number of hydrogen-bond donors (Lipinski definition) is 2. The summed E-state index contributed by atoms with van der Waals surface area (Å²) in [6.07, 6.45) is 4.71. The SMILES string of the molecule is C#CC(=O)NNCC. The zero-order valence-electron chi connectivity index (χ0n) is 4.69. The molecule has 0 aromatic rings. The van der Waals surface area contributed by atoms with E-state index in [1.54, 1.807) is 0 Å². The van der Waals surface area contributed by atoms with Crippen LogP contribution in [0.3, 0.4) is 0 Å². The summed E-state index contributed by atoms with van der Waals surface area (Å²) in [5, 5.41) is 0. The lowest BCUT2D eigenvalue weighted by atomic mass is 10.7. The molecular formula is C5H8N2O. The highest BCUT2D eigenvalue weighted by molar-refractivity contribution is 5.92. The highest BCUT2D eigenvalue weighted by Crippen LogP contribution is 1.52. The van der Waals surface area contributed by atoms with Crippen molar-refractivity contribution in [3.8, 4) is 12.3 Å². The number of hydrazine groups is 1. The van der Waals surface area contributed by atoms with Crippen molar-refractivity contribution >= 4 is 5.91 Å². The Balaban J connectivity index is 3.16. The Hall–Kier alpha value is -1.01. The summed E-state index contributed by atoms with van der Waals surface area (Å²) < 4.78 is 0. The molecule has 0 fully saturated rings. The third-order valence-electron chi connectivity index (χ3n) is 0.510. The predicted molar refractivity (Wildman–Crippen MR) is 30.7 cm³/mol. The van der Waals surface area contributed by atoms with Gasteiger partial charge in [0.1, 0.15) is 0 Å². The molecule has 1 amide bonds. The second kappa shape index (κ2) is 4.16. The maximum atomic E-state index is 10.2. The van der Waals surface area contributed by atoms with E-state index in [1.807, 2.05) is 12.8 Å². The van der Waals surface area contributed by atoms with Gasteiger partial charge in [0, 0.05) is 6.54 Å². The number of nitrogens with one attached hydrogen (secondary N) is 2. The van der Waals surface area contributed by atoms with Gasteiger partial charge in [-0.25, -0.2) is 5.43 Å². The van der Waals surface area contributed by atoms with Crippen LogP contribution in [0.4, 0.5) is 0 Å². The highest BCUT2D eigenvalue weighted by Gasteiger charge is 1.86. The topological polar surface area (TPSA) is 41.1 Å². The van der Waals surface area contributed by atoms with E-state index in [1.165, 1.54) is 0 Å². The van der Waals surface area contributed by atoms with Crippen molar-refractivity contribution in [2.75, 3.05) is 6.54 Å². The Morgan fingerprint density at radius 3 is 2.88 bits per heavy atom. The molecule has 3 heteroatoms. The minimum Gasteiger partial charge on any atom is -0.281 e. The van der Waals surface area contributed by atoms with E-state index in [0.29, 0.717) is 6.54 Å². The molecule has 8 heavy (non-hydrogen) atoms. The number of hydrogen-bond acceptors (Lipinski definition) is 2. The molecule has 44 valence electrons. The molecule has 0 bridgehead atoms. The van der Waals surface area contributed by atoms with Gasteiger partial charge in [-0.15, -0.1) is 6.42 Å². The van der Waals surface area contributed by atoms with Gasteiger partial charge < -0.3 is 0 Å². The van der Waals surface area contributed by atoms with Crippen LogP contribution in [0, 0.1) is 12.3 Å². The van der Waals surface area contributed by atoms with E-state index < -0.39 is 5.91 Å². The molecule has 0 aliphatic carbocycles. The first-order valence-corrected chi connectivity index (χ1v) is 2.30. The van der Waals surface area contributed by atoms with Crippen LogP contribution < -0.4 is 10.9 Å². The molecule has 0 aromatic heterocycles. The average Bonchev–Trinajstić information content (AvgIpc) is 1.83. The van der Waals surface area contributed by atoms with Crippen molar-refractivity contribution in [2.24, 2.45) is 0 Å². The Kier molecular flexibility index (Phi) is 3.63. The van der Waals surface area contributed by atoms with Gasteiger partial charge in [-0.1, -0.05) is 6.92 Å². The Bertz CT molecular complexity index is 114. The minimum absolute atomic E-state index is 0.438. The van der Waals surface area contributed by atoms with Crippen LogP contribution >= 0.6 is 0 Å². The fraction of sp³-hybridized carbons (Fsp3) is 0.400. The van der Waals surface area contributed by atoms with Crippen molar-refractivity contribution in [2.45, 2.75) is 6.92 Å². The molecule has 0 saturated heterocycles. The first-order valence-electron chi connectivity index (χ1n) is 2.30. The zero-order valence-corrected chi connectivity index (χ0v) is 4.69. The van der Waals surface area contributed by atoms with Crippen molar-refractivity contribution in [1.29, 1.82) is 0 Å². The predicted octanol–water partition coefficient (Wildman–Crippen LogP) is -0.740. The zero-order chi connectivity index (χ0) is 6.41. The number of carbonyl (C=O) groups excluding carboxylic acids is 1. The van der Waals surface area contributed by atoms with Crippen LogP contribution in [0.25, 0.3) is 0 Å². The van der Waals surface area contributed by atoms with Gasteiger partial charge in [0.15, 0.2) is 0 Å². The summed E-state index contributed by atoms with van der Waals surface area (Å²) in [7, 11) is 0. The Morgan fingerprint density at radius 2 is 2.50 bits per heavy atom. The van der Waals surface area contributed by atoms with Crippen LogP contribution in [0.1, 0.15) is 6.92 Å². The lowest BCUT2D eigenvalue weighted by Crippen LogP contribution is -2.35. The van der Waals surface area contributed by atoms with Gasteiger partial charge in [-0.05, 0) is 5.92 Å². The molecule has 0 rings (SSSR count). The number of rotatable bonds is 2. The molecule has 3 nitrogen and oxygen atoms in total. The summed E-state index contributed by atoms with van der Waals surface area (Å²) in [5.74, 6) is 1.45. The first kappa shape index (κ1) is 6.99. The summed E-state index contributed by atoms with van der Waals surface area (Å²) in [6.45, 7) is 2.53. The van der Waals surface area contributed by atoms with Gasteiger partial charge in [0.05, 0.1) is 0 Å². The fourth-order valence-corrected chi connectivity index (χ4v) is 0.205. The maximum absolute atomic E-state index is 10.2. The van der Waals surface area contributed by atoms with Gasteiger partial charge in [-0.2, -0.15) is 0 Å². The molecule has 0 aromatic carbocycles. The number of amides is 1. The quantitative estimate of drug-likeness (QED) is 0.365. The van der Waals surface area contributed by atoms with E-state index in [9.17, 15) is 4.79 Å². The molecule has 0 atom stereocenters. The second-order valence-corrected chi connectivity index (χ2v) is 1.13. The van der Waals surface area contributed by atoms with Gasteiger partial charge in [0.2, 0.25) is 0 Å². The first-order chi connectivity index (χ1) is 3.81. The summed E-state index contributed by atoms with van der Waals surface area (Å²) >= 11 is 0. The summed E-state index contributed by atoms with van der Waals surface area (Å²) in [4.78, 5) is 10.2. The maximum Gasteiger partial charge on any atom is 0.309 e. The van der Waals surface area contributed by atoms with E-state index in [0.717, 1.165) is 0 Å². The summed E-state index contributed by atoms with van der Waals surface area (Å²) in [6, 6.07) is 0. The van der Waals surface area contributed by atoms with Crippen molar-refractivity contribution in [1.82, 2.24) is 10.9 Å². The largest absolute Gasteiger partial charge is 0.309 e. The van der Waals surface area contributed by atoms with Crippen molar-refractivity contribution < 1.29 is 4.79 Å². The van der Waals surface area contributed by atoms with Gasteiger partial charge >= 0.3 is 5.91 Å². The Labute approximate surface area is 48.4 Å². The number of carbonyl (C=O) groups is 1. The van der Waals surface area contributed by atoms with E-state index in [2.05, 4.69) is 10.9 Å². The standard InChI is InChI=1S/C5H8N2O/c1-3-5(8)7-6-4-2/h1,6H,4H2,2H3,(H,7,8). The van der Waals surface area contributed by atoms with E-state index in [4.69, 9.17) is 6.42 Å². The van der Waals surface area contributed by atoms with E-state index >= 15 is 0 Å². The molecule has 0 aliphatic heterocycles. The van der Waals surface area contributed by atoms with Gasteiger partial charge in [-0.3, -0.25) is 10.2 Å². The Morgan fingerprint density at radius 1 is 1.88 bits per heavy atom. The third kappa shape index (κ3) is 3.19. The normalized spacial score (nSPS) is 7.50. The van der Waals surface area contributed by atoms with Crippen LogP contribution in [0.15, 0.2) is 0 Å². The molecule has 0 heterocycles. The fourth-order valence-electron chi connectivity index (χ4n) is 0.205.